The van der Waals surface area contributed by atoms with E-state index in [1.54, 1.807) is 20.4 Å². The molecule has 0 aliphatic heterocycles. The summed E-state index contributed by atoms with van der Waals surface area (Å²) >= 11 is 0. The lowest BCUT2D eigenvalue weighted by molar-refractivity contribution is 0.379. The highest BCUT2D eigenvalue weighted by atomic mass is 16.5. The second kappa shape index (κ2) is 5.56. The summed E-state index contributed by atoms with van der Waals surface area (Å²) < 4.78 is 10.3. The first kappa shape index (κ1) is 11.8. The van der Waals surface area contributed by atoms with Gasteiger partial charge >= 0.3 is 0 Å². The molecule has 0 aromatic carbocycles. The van der Waals surface area contributed by atoms with Crippen LogP contribution in [0.4, 0.5) is 0 Å². The van der Waals surface area contributed by atoms with Crippen LogP contribution in [0.1, 0.15) is 19.4 Å². The number of nitrogens with zero attached hydrogens (tertiary/aromatic N) is 1. The Morgan fingerprint density at radius 1 is 1.33 bits per heavy atom. The van der Waals surface area contributed by atoms with Gasteiger partial charge < -0.3 is 14.8 Å². The van der Waals surface area contributed by atoms with Gasteiger partial charge in [-0.25, -0.2) is 4.98 Å². The second-order valence-corrected chi connectivity index (χ2v) is 3.58. The van der Waals surface area contributed by atoms with Gasteiger partial charge in [-0.15, -0.1) is 0 Å². The average Bonchev–Trinajstić information content (AvgIpc) is 2.25. The summed E-state index contributed by atoms with van der Waals surface area (Å²) in [7, 11) is 3.25. The van der Waals surface area contributed by atoms with Crippen LogP contribution in [-0.2, 0) is 6.54 Å². The summed E-state index contributed by atoms with van der Waals surface area (Å²) in [5.41, 5.74) is 1.01. The third-order valence-electron chi connectivity index (χ3n) is 2.03. The van der Waals surface area contributed by atoms with Crippen LogP contribution in [0.2, 0.25) is 0 Å². The van der Waals surface area contributed by atoms with Crippen molar-refractivity contribution in [3.05, 3.63) is 17.8 Å². The van der Waals surface area contributed by atoms with Crippen molar-refractivity contribution in [1.82, 2.24) is 10.3 Å². The number of rotatable bonds is 5. The Hall–Kier alpha value is -1.29. The van der Waals surface area contributed by atoms with E-state index in [0.29, 0.717) is 11.9 Å². The Bertz CT molecular complexity index is 313. The highest BCUT2D eigenvalue weighted by molar-refractivity contribution is 5.33. The number of aromatic nitrogens is 1. The summed E-state index contributed by atoms with van der Waals surface area (Å²) in [6, 6.07) is 2.36. The molecule has 15 heavy (non-hydrogen) atoms. The average molecular weight is 210 g/mol. The maximum atomic E-state index is 5.17. The van der Waals surface area contributed by atoms with Gasteiger partial charge in [0.05, 0.1) is 20.4 Å². The maximum absolute atomic E-state index is 5.17. The van der Waals surface area contributed by atoms with Crippen molar-refractivity contribution in [2.75, 3.05) is 14.2 Å². The molecule has 1 heterocycles. The van der Waals surface area contributed by atoms with Crippen molar-refractivity contribution in [2.24, 2.45) is 0 Å². The topological polar surface area (TPSA) is 43.4 Å². The van der Waals surface area contributed by atoms with Gasteiger partial charge in [-0.2, -0.15) is 0 Å². The molecule has 0 radical (unpaired) electrons. The second-order valence-electron chi connectivity index (χ2n) is 3.58. The third-order valence-corrected chi connectivity index (χ3v) is 2.03. The summed E-state index contributed by atoms with van der Waals surface area (Å²) in [4.78, 5) is 4.16. The number of methoxy groups -OCH3 is 2. The molecular formula is C11H18N2O2. The Labute approximate surface area is 90.6 Å². The molecule has 1 aromatic rings. The van der Waals surface area contributed by atoms with E-state index in [1.165, 1.54) is 0 Å². The molecule has 0 atom stereocenters. The number of ether oxygens (including phenoxy) is 2. The molecule has 0 unspecified atom stereocenters. The molecule has 0 bridgehead atoms. The Balaban J connectivity index is 2.81. The first-order valence-corrected chi connectivity index (χ1v) is 4.97. The van der Waals surface area contributed by atoms with Gasteiger partial charge in [0.25, 0.3) is 0 Å². The first-order chi connectivity index (χ1) is 7.17. The summed E-state index contributed by atoms with van der Waals surface area (Å²) in [5.74, 6) is 1.39. The molecule has 0 saturated carbocycles. The fourth-order valence-electron chi connectivity index (χ4n) is 1.21. The Kier molecular flexibility index (Phi) is 4.37. The minimum atomic E-state index is 0.431. The highest BCUT2D eigenvalue weighted by Crippen LogP contribution is 2.20. The van der Waals surface area contributed by atoms with Crippen molar-refractivity contribution in [3.8, 4) is 11.6 Å². The number of nitrogens with one attached hydrogen (secondary N) is 1. The van der Waals surface area contributed by atoms with Gasteiger partial charge in [0.15, 0.2) is 0 Å². The van der Waals surface area contributed by atoms with E-state index in [1.807, 2.05) is 6.07 Å². The fraction of sp³-hybridized carbons (Fsp3) is 0.545. The summed E-state index contributed by atoms with van der Waals surface area (Å²) in [6.07, 6.45) is 1.65. The molecular weight excluding hydrogens is 192 g/mol. The van der Waals surface area contributed by atoms with Crippen LogP contribution >= 0.6 is 0 Å². The number of pyridine rings is 1. The van der Waals surface area contributed by atoms with Crippen LogP contribution in [0.5, 0.6) is 11.6 Å². The SMILES string of the molecule is COc1cnc(OC)c(CNC(C)C)c1. The van der Waals surface area contributed by atoms with Gasteiger partial charge in [0.2, 0.25) is 5.88 Å². The normalized spacial score (nSPS) is 10.5. The van der Waals surface area contributed by atoms with Crippen LogP contribution in [0.3, 0.4) is 0 Å². The van der Waals surface area contributed by atoms with E-state index in [2.05, 4.69) is 24.1 Å². The molecule has 1 rings (SSSR count). The highest BCUT2D eigenvalue weighted by Gasteiger charge is 2.06. The number of hydrogen-bond acceptors (Lipinski definition) is 4. The molecule has 0 aliphatic carbocycles. The molecule has 0 spiro atoms. The molecule has 0 fully saturated rings. The minimum Gasteiger partial charge on any atom is -0.495 e. The quantitative estimate of drug-likeness (QED) is 0.801. The largest absolute Gasteiger partial charge is 0.495 e. The van der Waals surface area contributed by atoms with Gasteiger partial charge in [0, 0.05) is 18.2 Å². The predicted molar refractivity (Wildman–Crippen MR) is 59.3 cm³/mol. The van der Waals surface area contributed by atoms with E-state index >= 15 is 0 Å². The van der Waals surface area contributed by atoms with Gasteiger partial charge in [-0.3, -0.25) is 0 Å². The van der Waals surface area contributed by atoms with Gasteiger partial charge in [-0.1, -0.05) is 13.8 Å². The Morgan fingerprint density at radius 3 is 2.60 bits per heavy atom. The van der Waals surface area contributed by atoms with E-state index in [9.17, 15) is 0 Å². The van der Waals surface area contributed by atoms with Crippen LogP contribution < -0.4 is 14.8 Å². The third kappa shape index (κ3) is 3.40. The summed E-state index contributed by atoms with van der Waals surface area (Å²) in [5, 5.41) is 3.31. The molecule has 1 N–H and O–H groups in total. The first-order valence-electron chi connectivity index (χ1n) is 4.97. The lowest BCUT2D eigenvalue weighted by atomic mass is 10.2. The molecule has 84 valence electrons. The van der Waals surface area contributed by atoms with Crippen molar-refractivity contribution in [1.29, 1.82) is 0 Å². The van der Waals surface area contributed by atoms with Crippen molar-refractivity contribution < 1.29 is 9.47 Å². The van der Waals surface area contributed by atoms with Crippen molar-refractivity contribution in [2.45, 2.75) is 26.4 Å². The van der Waals surface area contributed by atoms with E-state index in [0.717, 1.165) is 17.9 Å². The van der Waals surface area contributed by atoms with Crippen LogP contribution in [0, 0.1) is 0 Å². The van der Waals surface area contributed by atoms with Crippen molar-refractivity contribution >= 4 is 0 Å². The van der Waals surface area contributed by atoms with E-state index in [4.69, 9.17) is 9.47 Å². The standard InChI is InChI=1S/C11H18N2O2/c1-8(2)12-6-9-5-10(14-3)7-13-11(9)15-4/h5,7-8,12H,6H2,1-4H3. The smallest absolute Gasteiger partial charge is 0.217 e. The fourth-order valence-corrected chi connectivity index (χ4v) is 1.21. The zero-order valence-corrected chi connectivity index (χ0v) is 9.70. The van der Waals surface area contributed by atoms with Gasteiger partial charge in [-0.05, 0) is 6.07 Å². The molecule has 0 amide bonds. The monoisotopic (exact) mass is 210 g/mol. The van der Waals surface area contributed by atoms with E-state index in [-0.39, 0.29) is 0 Å². The van der Waals surface area contributed by atoms with Crippen LogP contribution in [0.25, 0.3) is 0 Å². The van der Waals surface area contributed by atoms with Crippen LogP contribution in [-0.4, -0.2) is 25.2 Å². The van der Waals surface area contributed by atoms with Crippen molar-refractivity contribution in [3.63, 3.8) is 0 Å². The molecule has 1 aromatic heterocycles. The maximum Gasteiger partial charge on any atom is 0.217 e. The molecule has 0 saturated heterocycles. The Morgan fingerprint density at radius 2 is 2.07 bits per heavy atom. The summed E-state index contributed by atoms with van der Waals surface area (Å²) in [6.45, 7) is 4.92. The zero-order chi connectivity index (χ0) is 11.3. The van der Waals surface area contributed by atoms with E-state index < -0.39 is 0 Å². The minimum absolute atomic E-state index is 0.431. The van der Waals surface area contributed by atoms with Gasteiger partial charge in [0.1, 0.15) is 5.75 Å². The molecule has 4 heteroatoms. The lowest BCUT2D eigenvalue weighted by Gasteiger charge is -2.11. The lowest BCUT2D eigenvalue weighted by Crippen LogP contribution is -2.22. The molecule has 0 aliphatic rings. The zero-order valence-electron chi connectivity index (χ0n) is 9.70. The van der Waals surface area contributed by atoms with Crippen LogP contribution in [0.15, 0.2) is 12.3 Å². The molecule has 4 nitrogen and oxygen atoms in total. The number of hydrogen-bond donors (Lipinski definition) is 1. The predicted octanol–water partition coefficient (Wildman–Crippen LogP) is 1.60.